The number of nitrogens with zero attached hydrogens (tertiary/aromatic N) is 2. The standard InChI is InChI=1S/C16H10ClF3N2O2/c1-24-14-5-9(2-3-13(14)23)4-10(7-21)15-12(17)6-11(8-22-15)16(18,19)20/h2-6,8,23H,1H3. The van der Waals surface area contributed by atoms with Gasteiger partial charge in [-0.2, -0.15) is 18.4 Å². The second-order valence-corrected chi connectivity index (χ2v) is 5.06. The van der Waals surface area contributed by atoms with Gasteiger partial charge in [0.15, 0.2) is 11.5 Å². The van der Waals surface area contributed by atoms with Crippen LogP contribution in [0.3, 0.4) is 0 Å². The van der Waals surface area contributed by atoms with Crippen molar-refractivity contribution in [3.05, 3.63) is 52.3 Å². The van der Waals surface area contributed by atoms with Gasteiger partial charge in [0.25, 0.3) is 0 Å². The number of benzene rings is 1. The number of hydrogen-bond donors (Lipinski definition) is 1. The molecule has 0 bridgehead atoms. The van der Waals surface area contributed by atoms with Crippen LogP contribution in [0, 0.1) is 11.3 Å². The number of allylic oxidation sites excluding steroid dienone is 1. The van der Waals surface area contributed by atoms with Crippen LogP contribution in [-0.2, 0) is 6.18 Å². The highest BCUT2D eigenvalue weighted by Crippen LogP contribution is 2.33. The van der Waals surface area contributed by atoms with Crippen molar-refractivity contribution in [3.8, 4) is 17.6 Å². The number of phenols is 1. The Balaban J connectivity index is 2.47. The number of pyridine rings is 1. The Morgan fingerprint density at radius 1 is 1.38 bits per heavy atom. The molecule has 0 aliphatic rings. The molecule has 2 rings (SSSR count). The van der Waals surface area contributed by atoms with E-state index in [0.29, 0.717) is 17.8 Å². The van der Waals surface area contributed by atoms with Crippen molar-refractivity contribution < 1.29 is 23.0 Å². The van der Waals surface area contributed by atoms with E-state index in [0.717, 1.165) is 0 Å². The molecule has 0 aliphatic carbocycles. The molecule has 1 aromatic heterocycles. The van der Waals surface area contributed by atoms with Gasteiger partial charge in [0.1, 0.15) is 6.07 Å². The fraction of sp³-hybridized carbons (Fsp3) is 0.125. The fourth-order valence-electron chi connectivity index (χ4n) is 1.90. The second-order valence-electron chi connectivity index (χ2n) is 4.65. The normalized spacial score (nSPS) is 11.9. The molecule has 0 fully saturated rings. The van der Waals surface area contributed by atoms with E-state index in [1.807, 2.05) is 6.07 Å². The van der Waals surface area contributed by atoms with E-state index in [2.05, 4.69) is 4.98 Å². The minimum Gasteiger partial charge on any atom is -0.504 e. The van der Waals surface area contributed by atoms with Crippen LogP contribution in [0.1, 0.15) is 16.8 Å². The van der Waals surface area contributed by atoms with Gasteiger partial charge in [0.05, 0.1) is 29.0 Å². The quantitative estimate of drug-likeness (QED) is 0.822. The molecule has 24 heavy (non-hydrogen) atoms. The molecular weight excluding hydrogens is 345 g/mol. The zero-order chi connectivity index (χ0) is 17.9. The van der Waals surface area contributed by atoms with Crippen molar-refractivity contribution in [2.75, 3.05) is 7.11 Å². The summed E-state index contributed by atoms with van der Waals surface area (Å²) in [5, 5.41) is 18.5. The number of ether oxygens (including phenoxy) is 1. The molecule has 124 valence electrons. The van der Waals surface area contributed by atoms with Gasteiger partial charge in [0, 0.05) is 6.20 Å². The average Bonchev–Trinajstić information content (AvgIpc) is 2.53. The number of methoxy groups -OCH3 is 1. The number of rotatable bonds is 3. The van der Waals surface area contributed by atoms with Crippen molar-refractivity contribution in [3.63, 3.8) is 0 Å². The molecule has 2 aromatic rings. The van der Waals surface area contributed by atoms with Crippen LogP contribution in [0.4, 0.5) is 13.2 Å². The van der Waals surface area contributed by atoms with Crippen LogP contribution in [0.15, 0.2) is 30.5 Å². The number of aromatic nitrogens is 1. The maximum atomic E-state index is 12.6. The minimum atomic E-state index is -4.57. The first-order chi connectivity index (χ1) is 11.3. The molecule has 1 heterocycles. The third kappa shape index (κ3) is 3.78. The molecule has 0 saturated carbocycles. The van der Waals surface area contributed by atoms with Crippen molar-refractivity contribution >= 4 is 23.3 Å². The Kier molecular flexibility index (Phi) is 5.00. The molecule has 0 amide bonds. The van der Waals surface area contributed by atoms with Gasteiger partial charge in [-0.25, -0.2) is 0 Å². The van der Waals surface area contributed by atoms with Gasteiger partial charge in [0.2, 0.25) is 0 Å². The zero-order valence-corrected chi connectivity index (χ0v) is 13.0. The van der Waals surface area contributed by atoms with E-state index in [9.17, 15) is 23.5 Å². The highest BCUT2D eigenvalue weighted by Gasteiger charge is 2.31. The van der Waals surface area contributed by atoms with E-state index in [1.54, 1.807) is 0 Å². The molecule has 1 aromatic carbocycles. The number of nitriles is 1. The summed E-state index contributed by atoms with van der Waals surface area (Å²) in [6.45, 7) is 0. The second kappa shape index (κ2) is 6.81. The molecule has 0 saturated heterocycles. The van der Waals surface area contributed by atoms with Gasteiger partial charge in [-0.3, -0.25) is 4.98 Å². The number of phenolic OH excluding ortho intramolecular Hbond substituents is 1. The van der Waals surface area contributed by atoms with Gasteiger partial charge >= 0.3 is 6.18 Å². The third-order valence-corrected chi connectivity index (χ3v) is 3.35. The number of aromatic hydroxyl groups is 1. The summed E-state index contributed by atoms with van der Waals surface area (Å²) in [6, 6.07) is 6.89. The SMILES string of the molecule is COc1cc(C=C(C#N)c2ncc(C(F)(F)F)cc2Cl)ccc1O. The first kappa shape index (κ1) is 17.6. The molecule has 0 radical (unpaired) electrons. The van der Waals surface area contributed by atoms with Crippen molar-refractivity contribution in [2.45, 2.75) is 6.18 Å². The predicted octanol–water partition coefficient (Wildman–Crippen LogP) is 4.53. The van der Waals surface area contributed by atoms with E-state index in [1.165, 1.54) is 31.4 Å². The van der Waals surface area contributed by atoms with Crippen LogP contribution in [0.2, 0.25) is 5.02 Å². The van der Waals surface area contributed by atoms with Gasteiger partial charge in [-0.15, -0.1) is 0 Å². The topological polar surface area (TPSA) is 66.1 Å². The van der Waals surface area contributed by atoms with E-state index in [-0.39, 0.29) is 27.8 Å². The summed E-state index contributed by atoms with van der Waals surface area (Å²) in [6.07, 6.45) is -2.58. The molecular formula is C16H10ClF3N2O2. The summed E-state index contributed by atoms with van der Waals surface area (Å²) in [4.78, 5) is 3.65. The highest BCUT2D eigenvalue weighted by atomic mass is 35.5. The molecule has 0 atom stereocenters. The van der Waals surface area contributed by atoms with Crippen LogP contribution in [0.5, 0.6) is 11.5 Å². The maximum Gasteiger partial charge on any atom is 0.417 e. The first-order valence-electron chi connectivity index (χ1n) is 6.48. The molecule has 0 unspecified atom stereocenters. The monoisotopic (exact) mass is 354 g/mol. The van der Waals surface area contributed by atoms with Crippen molar-refractivity contribution in [1.82, 2.24) is 4.98 Å². The number of alkyl halides is 3. The van der Waals surface area contributed by atoms with Crippen molar-refractivity contribution in [2.24, 2.45) is 0 Å². The van der Waals surface area contributed by atoms with Gasteiger partial charge < -0.3 is 9.84 Å². The van der Waals surface area contributed by atoms with Crippen LogP contribution in [-0.4, -0.2) is 17.2 Å². The highest BCUT2D eigenvalue weighted by molar-refractivity contribution is 6.32. The van der Waals surface area contributed by atoms with Gasteiger partial charge in [-0.05, 0) is 29.8 Å². The molecule has 0 spiro atoms. The minimum absolute atomic E-state index is 0.0264. The largest absolute Gasteiger partial charge is 0.504 e. The Morgan fingerprint density at radius 3 is 2.62 bits per heavy atom. The molecule has 8 heteroatoms. The van der Waals surface area contributed by atoms with E-state index in [4.69, 9.17) is 16.3 Å². The van der Waals surface area contributed by atoms with Gasteiger partial charge in [-0.1, -0.05) is 17.7 Å². The zero-order valence-electron chi connectivity index (χ0n) is 12.2. The molecule has 1 N–H and O–H groups in total. The number of halogens is 4. The Hall–Kier alpha value is -2.72. The van der Waals surface area contributed by atoms with E-state index >= 15 is 0 Å². The summed E-state index contributed by atoms with van der Waals surface area (Å²) < 4.78 is 42.9. The molecule has 0 aliphatic heterocycles. The lowest BCUT2D eigenvalue weighted by atomic mass is 10.1. The smallest absolute Gasteiger partial charge is 0.417 e. The lowest BCUT2D eigenvalue weighted by Gasteiger charge is -2.09. The van der Waals surface area contributed by atoms with Crippen LogP contribution >= 0.6 is 11.6 Å². The van der Waals surface area contributed by atoms with E-state index < -0.39 is 11.7 Å². The molecule has 4 nitrogen and oxygen atoms in total. The average molecular weight is 355 g/mol. The first-order valence-corrected chi connectivity index (χ1v) is 6.86. The lowest BCUT2D eigenvalue weighted by Crippen LogP contribution is -2.06. The predicted molar refractivity (Wildman–Crippen MR) is 82.4 cm³/mol. The lowest BCUT2D eigenvalue weighted by molar-refractivity contribution is -0.137. The summed E-state index contributed by atoms with van der Waals surface area (Å²) in [5.74, 6) is 0.103. The Morgan fingerprint density at radius 2 is 2.08 bits per heavy atom. The third-order valence-electron chi connectivity index (χ3n) is 3.06. The van der Waals surface area contributed by atoms with Crippen LogP contribution in [0.25, 0.3) is 11.6 Å². The Labute approximate surface area is 140 Å². The fourth-order valence-corrected chi connectivity index (χ4v) is 2.16. The van der Waals surface area contributed by atoms with Crippen molar-refractivity contribution in [1.29, 1.82) is 5.26 Å². The maximum absolute atomic E-state index is 12.6. The Bertz CT molecular complexity index is 842. The van der Waals surface area contributed by atoms with Crippen LogP contribution < -0.4 is 4.74 Å². The summed E-state index contributed by atoms with van der Waals surface area (Å²) in [7, 11) is 1.36. The summed E-state index contributed by atoms with van der Waals surface area (Å²) in [5.41, 5.74) is -0.612. The number of hydrogen-bond acceptors (Lipinski definition) is 4. The summed E-state index contributed by atoms with van der Waals surface area (Å²) >= 11 is 5.84.